The zero-order valence-electron chi connectivity index (χ0n) is 14.2. The van der Waals surface area contributed by atoms with Gasteiger partial charge in [-0.25, -0.2) is 8.42 Å². The average molecular weight is 418 g/mol. The maximum atomic E-state index is 13.2. The third kappa shape index (κ3) is 5.16. The SMILES string of the molecule is C=CCCN([C@H](CC(C)C)C(=O)OC)S(=O)(=O)c1ccccc1Br. The summed E-state index contributed by atoms with van der Waals surface area (Å²) < 4.78 is 32.8. The number of ether oxygens (including phenoxy) is 1. The van der Waals surface area contributed by atoms with Gasteiger partial charge in [-0.15, -0.1) is 6.58 Å². The molecule has 0 fully saturated rings. The highest BCUT2D eigenvalue weighted by molar-refractivity contribution is 9.10. The van der Waals surface area contributed by atoms with Crippen molar-refractivity contribution in [2.45, 2.75) is 37.6 Å². The highest BCUT2D eigenvalue weighted by atomic mass is 79.9. The summed E-state index contributed by atoms with van der Waals surface area (Å²) >= 11 is 3.28. The summed E-state index contributed by atoms with van der Waals surface area (Å²) in [6.07, 6.45) is 2.45. The topological polar surface area (TPSA) is 63.7 Å². The number of methoxy groups -OCH3 is 1. The second kappa shape index (κ2) is 9.34. The quantitative estimate of drug-likeness (QED) is 0.454. The predicted molar refractivity (Wildman–Crippen MR) is 98.1 cm³/mol. The largest absolute Gasteiger partial charge is 0.468 e. The van der Waals surface area contributed by atoms with Gasteiger partial charge in [0, 0.05) is 11.0 Å². The Morgan fingerprint density at radius 2 is 2.00 bits per heavy atom. The molecular formula is C17H24BrNO4S. The van der Waals surface area contributed by atoms with Gasteiger partial charge in [0.1, 0.15) is 6.04 Å². The number of nitrogens with zero attached hydrogens (tertiary/aromatic N) is 1. The maximum Gasteiger partial charge on any atom is 0.324 e. The number of halogens is 1. The zero-order valence-corrected chi connectivity index (χ0v) is 16.6. The monoisotopic (exact) mass is 417 g/mol. The van der Waals surface area contributed by atoms with Gasteiger partial charge < -0.3 is 4.74 Å². The van der Waals surface area contributed by atoms with E-state index in [1.807, 2.05) is 13.8 Å². The molecule has 0 amide bonds. The van der Waals surface area contributed by atoms with Crippen molar-refractivity contribution in [2.24, 2.45) is 5.92 Å². The van der Waals surface area contributed by atoms with Crippen molar-refractivity contribution >= 4 is 31.9 Å². The lowest BCUT2D eigenvalue weighted by atomic mass is 10.0. The smallest absolute Gasteiger partial charge is 0.324 e. The van der Waals surface area contributed by atoms with E-state index in [0.29, 0.717) is 17.3 Å². The lowest BCUT2D eigenvalue weighted by Gasteiger charge is -2.30. The number of sulfonamides is 1. The molecule has 1 aromatic carbocycles. The first-order chi connectivity index (χ1) is 11.3. The van der Waals surface area contributed by atoms with E-state index in [1.54, 1.807) is 24.3 Å². The molecule has 1 rings (SSSR count). The van der Waals surface area contributed by atoms with E-state index in [0.717, 1.165) is 0 Å². The summed E-state index contributed by atoms with van der Waals surface area (Å²) in [4.78, 5) is 12.4. The Kier molecular flexibility index (Phi) is 8.12. The van der Waals surface area contributed by atoms with E-state index in [-0.39, 0.29) is 17.4 Å². The standard InChI is InChI=1S/C17H24BrNO4S/c1-5-6-11-19(15(12-13(2)3)17(20)23-4)24(21,22)16-10-8-7-9-14(16)18/h5,7-10,13,15H,1,6,11-12H2,2-4H3/t15-/m1/s1. The maximum absolute atomic E-state index is 13.2. The van der Waals surface area contributed by atoms with Crippen LogP contribution in [-0.4, -0.2) is 38.4 Å². The molecule has 0 heterocycles. The first-order valence-corrected chi connectivity index (χ1v) is 9.94. The first kappa shape index (κ1) is 20.9. The fourth-order valence-electron chi connectivity index (χ4n) is 2.36. The molecular weight excluding hydrogens is 394 g/mol. The van der Waals surface area contributed by atoms with Crippen LogP contribution in [0.1, 0.15) is 26.7 Å². The number of hydrogen-bond acceptors (Lipinski definition) is 4. The summed E-state index contributed by atoms with van der Waals surface area (Å²) in [6, 6.07) is 5.70. The predicted octanol–water partition coefficient (Wildman–Crippen LogP) is 3.60. The van der Waals surface area contributed by atoms with Crippen molar-refractivity contribution in [2.75, 3.05) is 13.7 Å². The second-order valence-electron chi connectivity index (χ2n) is 5.79. The van der Waals surface area contributed by atoms with Gasteiger partial charge >= 0.3 is 5.97 Å². The minimum Gasteiger partial charge on any atom is -0.468 e. The summed E-state index contributed by atoms with van der Waals surface area (Å²) in [6.45, 7) is 7.68. The second-order valence-corrected chi connectivity index (χ2v) is 8.51. The van der Waals surface area contributed by atoms with Crippen molar-refractivity contribution in [1.29, 1.82) is 0 Å². The minimum atomic E-state index is -3.87. The highest BCUT2D eigenvalue weighted by Gasteiger charge is 2.37. The number of carbonyl (C=O) groups excluding carboxylic acids is 1. The average Bonchev–Trinajstić information content (AvgIpc) is 2.53. The third-order valence-electron chi connectivity index (χ3n) is 3.49. The lowest BCUT2D eigenvalue weighted by Crippen LogP contribution is -2.46. The number of benzene rings is 1. The molecule has 7 heteroatoms. The Labute approximate surface area is 152 Å². The summed E-state index contributed by atoms with van der Waals surface area (Å²) in [5, 5.41) is 0. The van der Waals surface area contributed by atoms with Crippen LogP contribution < -0.4 is 0 Å². The van der Waals surface area contributed by atoms with Gasteiger partial charge in [-0.1, -0.05) is 32.1 Å². The van der Waals surface area contributed by atoms with Crippen LogP contribution in [0.4, 0.5) is 0 Å². The van der Waals surface area contributed by atoms with E-state index >= 15 is 0 Å². The molecule has 0 aliphatic heterocycles. The molecule has 0 saturated heterocycles. The first-order valence-electron chi connectivity index (χ1n) is 7.70. The van der Waals surface area contributed by atoms with Gasteiger partial charge in [0.05, 0.1) is 12.0 Å². The highest BCUT2D eigenvalue weighted by Crippen LogP contribution is 2.28. The van der Waals surface area contributed by atoms with Crippen molar-refractivity contribution in [1.82, 2.24) is 4.31 Å². The molecule has 0 aromatic heterocycles. The molecule has 0 spiro atoms. The molecule has 0 bridgehead atoms. The molecule has 0 unspecified atom stereocenters. The zero-order chi connectivity index (χ0) is 18.3. The Hall–Kier alpha value is -1.18. The van der Waals surface area contributed by atoms with Crippen molar-refractivity contribution in [3.8, 4) is 0 Å². The Morgan fingerprint density at radius 3 is 2.50 bits per heavy atom. The number of esters is 1. The van der Waals surface area contributed by atoms with Crippen LogP contribution in [0.5, 0.6) is 0 Å². The van der Waals surface area contributed by atoms with Gasteiger partial charge in [0.15, 0.2) is 0 Å². The van der Waals surface area contributed by atoms with Crippen LogP contribution in [0.3, 0.4) is 0 Å². The van der Waals surface area contributed by atoms with Crippen LogP contribution in [0.2, 0.25) is 0 Å². The van der Waals surface area contributed by atoms with Gasteiger partial charge in [0.2, 0.25) is 10.0 Å². The summed E-state index contributed by atoms with van der Waals surface area (Å²) in [7, 11) is -2.60. The third-order valence-corrected chi connectivity index (χ3v) is 6.41. The molecule has 24 heavy (non-hydrogen) atoms. The molecule has 0 saturated carbocycles. The molecule has 0 radical (unpaired) electrons. The number of carbonyl (C=O) groups is 1. The lowest BCUT2D eigenvalue weighted by molar-refractivity contribution is -0.145. The van der Waals surface area contributed by atoms with E-state index in [4.69, 9.17) is 4.74 Å². The van der Waals surface area contributed by atoms with Crippen LogP contribution >= 0.6 is 15.9 Å². The number of hydrogen-bond donors (Lipinski definition) is 0. The molecule has 1 aromatic rings. The molecule has 134 valence electrons. The molecule has 1 atom stereocenters. The van der Waals surface area contributed by atoms with Crippen molar-refractivity contribution < 1.29 is 17.9 Å². The van der Waals surface area contributed by atoms with E-state index in [9.17, 15) is 13.2 Å². The Bertz CT molecular complexity index is 673. The van der Waals surface area contributed by atoms with E-state index in [2.05, 4.69) is 22.5 Å². The fraction of sp³-hybridized carbons (Fsp3) is 0.471. The molecule has 0 N–H and O–H groups in total. The fourth-order valence-corrected chi connectivity index (χ4v) is 4.93. The van der Waals surface area contributed by atoms with Crippen LogP contribution in [0.25, 0.3) is 0 Å². The van der Waals surface area contributed by atoms with Gasteiger partial charge in [-0.2, -0.15) is 4.31 Å². The molecule has 0 aliphatic carbocycles. The van der Waals surface area contributed by atoms with Gasteiger partial charge in [-0.3, -0.25) is 4.79 Å². The Balaban J connectivity index is 3.39. The summed E-state index contributed by atoms with van der Waals surface area (Å²) in [5.41, 5.74) is 0. The van der Waals surface area contributed by atoms with Gasteiger partial charge in [0.25, 0.3) is 0 Å². The van der Waals surface area contributed by atoms with E-state index in [1.165, 1.54) is 17.5 Å². The van der Waals surface area contributed by atoms with Crippen molar-refractivity contribution in [3.63, 3.8) is 0 Å². The van der Waals surface area contributed by atoms with Gasteiger partial charge in [-0.05, 0) is 46.8 Å². The number of rotatable bonds is 9. The molecule has 5 nitrogen and oxygen atoms in total. The van der Waals surface area contributed by atoms with Crippen LogP contribution in [-0.2, 0) is 19.6 Å². The minimum absolute atomic E-state index is 0.131. The summed E-state index contributed by atoms with van der Waals surface area (Å²) in [5.74, 6) is -0.418. The van der Waals surface area contributed by atoms with Crippen LogP contribution in [0, 0.1) is 5.92 Å². The van der Waals surface area contributed by atoms with Crippen LogP contribution in [0.15, 0.2) is 46.3 Å². The van der Waals surface area contributed by atoms with Crippen molar-refractivity contribution in [3.05, 3.63) is 41.4 Å². The Morgan fingerprint density at radius 1 is 1.38 bits per heavy atom. The van der Waals surface area contributed by atoms with E-state index < -0.39 is 22.0 Å². The molecule has 0 aliphatic rings. The normalized spacial score (nSPS) is 13.1.